The number of likely N-dealkylation sites (tertiary alicyclic amines) is 1. The second kappa shape index (κ2) is 6.75. The first-order chi connectivity index (χ1) is 10.4. The third-order valence-electron chi connectivity index (χ3n) is 4.59. The second-order valence-corrected chi connectivity index (χ2v) is 6.60. The Kier molecular flexibility index (Phi) is 5.19. The zero-order chi connectivity index (χ0) is 16.3. The lowest BCUT2D eigenvalue weighted by Gasteiger charge is -2.42. The minimum absolute atomic E-state index is 0.116. The van der Waals surface area contributed by atoms with E-state index in [2.05, 4.69) is 18.7 Å². The molecule has 0 saturated carbocycles. The van der Waals surface area contributed by atoms with Gasteiger partial charge in [0.05, 0.1) is 26.9 Å². The van der Waals surface area contributed by atoms with Crippen molar-refractivity contribution in [3.05, 3.63) is 17.7 Å². The summed E-state index contributed by atoms with van der Waals surface area (Å²) in [6.07, 6.45) is 1.01. The standard InChI is InChI=1S/C17H28N2O3/c1-17(2)11-19(7-6-16(17)18)10-13-14(21-4)8-12(20-3)9-15(13)22-5/h8-9,16H,6-7,10-11,18H2,1-5H3. The van der Waals surface area contributed by atoms with Crippen LogP contribution >= 0.6 is 0 Å². The molecule has 1 aromatic carbocycles. The number of benzene rings is 1. The van der Waals surface area contributed by atoms with E-state index >= 15 is 0 Å². The molecule has 1 atom stereocenters. The number of nitrogens with two attached hydrogens (primary N) is 1. The van der Waals surface area contributed by atoms with E-state index in [1.807, 2.05) is 12.1 Å². The fourth-order valence-electron chi connectivity index (χ4n) is 3.08. The molecule has 0 spiro atoms. The summed E-state index contributed by atoms with van der Waals surface area (Å²) in [7, 11) is 4.99. The van der Waals surface area contributed by atoms with Gasteiger partial charge in [-0.2, -0.15) is 0 Å². The molecule has 5 heteroatoms. The average molecular weight is 308 g/mol. The Morgan fingerprint density at radius 2 is 1.73 bits per heavy atom. The predicted molar refractivity (Wildman–Crippen MR) is 87.7 cm³/mol. The molecule has 0 aromatic heterocycles. The van der Waals surface area contributed by atoms with Crippen LogP contribution in [-0.4, -0.2) is 45.4 Å². The molecule has 2 N–H and O–H groups in total. The zero-order valence-corrected chi connectivity index (χ0v) is 14.3. The van der Waals surface area contributed by atoms with Gasteiger partial charge in [0, 0.05) is 37.8 Å². The van der Waals surface area contributed by atoms with Crippen LogP contribution in [0.5, 0.6) is 17.2 Å². The monoisotopic (exact) mass is 308 g/mol. The fraction of sp³-hybridized carbons (Fsp3) is 0.647. The second-order valence-electron chi connectivity index (χ2n) is 6.60. The van der Waals surface area contributed by atoms with Crippen molar-refractivity contribution in [2.45, 2.75) is 32.9 Å². The van der Waals surface area contributed by atoms with Gasteiger partial charge in [-0.05, 0) is 11.8 Å². The summed E-state index contributed by atoms with van der Waals surface area (Å²) in [5.74, 6) is 2.33. The van der Waals surface area contributed by atoms with Crippen molar-refractivity contribution in [2.24, 2.45) is 11.1 Å². The molecule has 1 saturated heterocycles. The number of nitrogens with zero attached hydrogens (tertiary/aromatic N) is 1. The van der Waals surface area contributed by atoms with Crippen molar-refractivity contribution in [2.75, 3.05) is 34.4 Å². The van der Waals surface area contributed by atoms with Gasteiger partial charge in [0.2, 0.25) is 0 Å². The lowest BCUT2D eigenvalue weighted by atomic mass is 9.79. The summed E-state index contributed by atoms with van der Waals surface area (Å²) in [6, 6.07) is 4.06. The average Bonchev–Trinajstić information content (AvgIpc) is 2.50. The maximum Gasteiger partial charge on any atom is 0.130 e. The lowest BCUT2D eigenvalue weighted by molar-refractivity contribution is 0.0885. The molecule has 1 aliphatic heterocycles. The maximum atomic E-state index is 6.23. The largest absolute Gasteiger partial charge is 0.496 e. The number of rotatable bonds is 5. The highest BCUT2D eigenvalue weighted by Gasteiger charge is 2.34. The Labute approximate surface area is 133 Å². The SMILES string of the molecule is COc1cc(OC)c(CN2CCC(N)C(C)(C)C2)c(OC)c1. The molecule has 1 fully saturated rings. The normalized spacial score (nSPS) is 21.5. The van der Waals surface area contributed by atoms with Crippen molar-refractivity contribution in [1.29, 1.82) is 0 Å². The Hall–Kier alpha value is -1.46. The fourth-order valence-corrected chi connectivity index (χ4v) is 3.08. The first-order valence-corrected chi connectivity index (χ1v) is 7.68. The van der Waals surface area contributed by atoms with Gasteiger partial charge < -0.3 is 19.9 Å². The quantitative estimate of drug-likeness (QED) is 0.904. The van der Waals surface area contributed by atoms with Crippen LogP contribution < -0.4 is 19.9 Å². The van der Waals surface area contributed by atoms with Gasteiger partial charge in [0.15, 0.2) is 0 Å². The van der Waals surface area contributed by atoms with Gasteiger partial charge in [-0.25, -0.2) is 0 Å². The summed E-state index contributed by atoms with van der Waals surface area (Å²) >= 11 is 0. The van der Waals surface area contributed by atoms with Crippen LogP contribution in [0.2, 0.25) is 0 Å². The van der Waals surface area contributed by atoms with Gasteiger partial charge in [-0.15, -0.1) is 0 Å². The smallest absolute Gasteiger partial charge is 0.130 e. The maximum absolute atomic E-state index is 6.23. The van der Waals surface area contributed by atoms with Gasteiger partial charge in [-0.1, -0.05) is 13.8 Å². The van der Waals surface area contributed by atoms with E-state index in [9.17, 15) is 0 Å². The minimum Gasteiger partial charge on any atom is -0.496 e. The molecule has 0 radical (unpaired) electrons. The number of hydrogen-bond acceptors (Lipinski definition) is 5. The number of piperidine rings is 1. The van der Waals surface area contributed by atoms with Crippen LogP contribution in [0.1, 0.15) is 25.8 Å². The van der Waals surface area contributed by atoms with Crippen LogP contribution in [0.25, 0.3) is 0 Å². The van der Waals surface area contributed by atoms with Gasteiger partial charge in [-0.3, -0.25) is 4.90 Å². The third kappa shape index (κ3) is 3.47. The molecule has 1 aliphatic rings. The van der Waals surface area contributed by atoms with E-state index in [0.717, 1.165) is 48.9 Å². The molecule has 1 unspecified atom stereocenters. The molecular formula is C17H28N2O3. The first-order valence-electron chi connectivity index (χ1n) is 7.68. The van der Waals surface area contributed by atoms with E-state index < -0.39 is 0 Å². The Morgan fingerprint density at radius 1 is 1.14 bits per heavy atom. The first kappa shape index (κ1) is 16.9. The number of hydrogen-bond donors (Lipinski definition) is 1. The van der Waals surface area contributed by atoms with Crippen LogP contribution in [0.4, 0.5) is 0 Å². The van der Waals surface area contributed by atoms with Crippen LogP contribution in [0.15, 0.2) is 12.1 Å². The summed E-state index contributed by atoms with van der Waals surface area (Å²) in [5, 5.41) is 0. The van der Waals surface area contributed by atoms with Crippen LogP contribution in [0.3, 0.4) is 0 Å². The Morgan fingerprint density at radius 3 is 2.18 bits per heavy atom. The molecule has 1 heterocycles. The summed E-state index contributed by atoms with van der Waals surface area (Å²) in [4.78, 5) is 2.41. The van der Waals surface area contributed by atoms with E-state index in [4.69, 9.17) is 19.9 Å². The van der Waals surface area contributed by atoms with Crippen molar-refractivity contribution in [1.82, 2.24) is 4.90 Å². The van der Waals surface area contributed by atoms with Crippen molar-refractivity contribution < 1.29 is 14.2 Å². The molecule has 124 valence electrons. The van der Waals surface area contributed by atoms with E-state index in [1.54, 1.807) is 21.3 Å². The Bertz CT molecular complexity index is 492. The van der Waals surface area contributed by atoms with Crippen molar-refractivity contribution in [3.8, 4) is 17.2 Å². The highest BCUT2D eigenvalue weighted by atomic mass is 16.5. The molecule has 22 heavy (non-hydrogen) atoms. The van der Waals surface area contributed by atoms with Crippen molar-refractivity contribution in [3.63, 3.8) is 0 Å². The van der Waals surface area contributed by atoms with Crippen LogP contribution in [0, 0.1) is 5.41 Å². The van der Waals surface area contributed by atoms with E-state index in [-0.39, 0.29) is 11.5 Å². The predicted octanol–water partition coefficient (Wildman–Crippen LogP) is 2.27. The molecule has 5 nitrogen and oxygen atoms in total. The molecule has 2 rings (SSSR count). The third-order valence-corrected chi connectivity index (χ3v) is 4.59. The summed E-state index contributed by atoms with van der Waals surface area (Å²) < 4.78 is 16.4. The lowest BCUT2D eigenvalue weighted by Crippen LogP contribution is -2.52. The minimum atomic E-state index is 0.116. The highest BCUT2D eigenvalue weighted by Crippen LogP contribution is 2.36. The van der Waals surface area contributed by atoms with Gasteiger partial charge >= 0.3 is 0 Å². The van der Waals surface area contributed by atoms with E-state index in [0.29, 0.717) is 0 Å². The summed E-state index contributed by atoms with van der Waals surface area (Å²) in [5.41, 5.74) is 7.39. The zero-order valence-electron chi connectivity index (χ0n) is 14.3. The number of ether oxygens (including phenoxy) is 3. The van der Waals surface area contributed by atoms with Gasteiger partial charge in [0.1, 0.15) is 17.2 Å². The highest BCUT2D eigenvalue weighted by molar-refractivity contribution is 5.50. The molecule has 0 aliphatic carbocycles. The number of methoxy groups -OCH3 is 3. The van der Waals surface area contributed by atoms with Gasteiger partial charge in [0.25, 0.3) is 0 Å². The van der Waals surface area contributed by atoms with Crippen molar-refractivity contribution >= 4 is 0 Å². The topological polar surface area (TPSA) is 57.0 Å². The molecular weight excluding hydrogens is 280 g/mol. The summed E-state index contributed by atoms with van der Waals surface area (Å²) in [6.45, 7) is 7.19. The van der Waals surface area contributed by atoms with Crippen LogP contribution in [-0.2, 0) is 6.54 Å². The molecule has 1 aromatic rings. The Balaban J connectivity index is 2.25. The molecule has 0 amide bonds. The molecule has 0 bridgehead atoms. The van der Waals surface area contributed by atoms with E-state index in [1.165, 1.54) is 0 Å².